The van der Waals surface area contributed by atoms with Crippen LogP contribution in [0.25, 0.3) is 11.1 Å². The molecule has 6 heteroatoms. The lowest BCUT2D eigenvalue weighted by atomic mass is 9.97. The van der Waals surface area contributed by atoms with Crippen molar-refractivity contribution in [1.82, 2.24) is 4.98 Å². The van der Waals surface area contributed by atoms with Crippen molar-refractivity contribution in [2.75, 3.05) is 4.72 Å². The molecule has 0 aliphatic heterocycles. The van der Waals surface area contributed by atoms with Crippen molar-refractivity contribution in [2.24, 2.45) is 0 Å². The number of nitrogens with zero attached hydrogens (tertiary/aromatic N) is 1. The Morgan fingerprint density at radius 2 is 1.74 bits per heavy atom. The van der Waals surface area contributed by atoms with Gasteiger partial charge in [-0.25, -0.2) is 13.4 Å². The summed E-state index contributed by atoms with van der Waals surface area (Å²) >= 11 is 0. The number of hydrogen-bond donors (Lipinski definition) is 1. The van der Waals surface area contributed by atoms with Crippen molar-refractivity contribution in [3.63, 3.8) is 0 Å². The quantitative estimate of drug-likeness (QED) is 0.790. The molecule has 1 N–H and O–H groups in total. The van der Waals surface area contributed by atoms with Crippen LogP contribution in [-0.2, 0) is 15.4 Å². The van der Waals surface area contributed by atoms with Gasteiger partial charge in [-0.1, -0.05) is 39.0 Å². The topological polar surface area (TPSA) is 72.2 Å². The molecule has 3 rings (SSSR count). The Morgan fingerprint density at radius 1 is 1.04 bits per heavy atom. The standard InChI is InChI=1S/C17H18N2O3S/c1-17(2,3)16-18-14-11-12(9-10-15(14)22-16)19-23(20,21)13-7-5-4-6-8-13/h4-11,19H,1-3H3. The molecule has 120 valence electrons. The minimum absolute atomic E-state index is 0.206. The molecule has 0 unspecified atom stereocenters. The number of hydrogen-bond acceptors (Lipinski definition) is 4. The highest BCUT2D eigenvalue weighted by Crippen LogP contribution is 2.28. The zero-order valence-electron chi connectivity index (χ0n) is 13.2. The largest absolute Gasteiger partial charge is 0.440 e. The van der Waals surface area contributed by atoms with Gasteiger partial charge in [0.25, 0.3) is 10.0 Å². The lowest BCUT2D eigenvalue weighted by Gasteiger charge is -2.11. The van der Waals surface area contributed by atoms with Gasteiger partial charge in [0, 0.05) is 5.41 Å². The Balaban J connectivity index is 1.95. The molecular weight excluding hydrogens is 312 g/mol. The van der Waals surface area contributed by atoms with Crippen molar-refractivity contribution in [3.05, 3.63) is 54.4 Å². The number of fused-ring (bicyclic) bond motifs is 1. The van der Waals surface area contributed by atoms with Crippen LogP contribution < -0.4 is 4.72 Å². The van der Waals surface area contributed by atoms with E-state index in [1.165, 1.54) is 0 Å². The van der Waals surface area contributed by atoms with Crippen molar-refractivity contribution >= 4 is 26.8 Å². The molecule has 5 nitrogen and oxygen atoms in total. The Kier molecular flexibility index (Phi) is 3.64. The first-order chi connectivity index (χ1) is 10.8. The van der Waals surface area contributed by atoms with E-state index in [0.29, 0.717) is 22.7 Å². The first-order valence-electron chi connectivity index (χ1n) is 7.25. The average molecular weight is 330 g/mol. The lowest BCUT2D eigenvalue weighted by Crippen LogP contribution is -2.12. The lowest BCUT2D eigenvalue weighted by molar-refractivity contribution is 0.411. The fourth-order valence-corrected chi connectivity index (χ4v) is 3.20. The summed E-state index contributed by atoms with van der Waals surface area (Å²) in [5.74, 6) is 0.621. The fraction of sp³-hybridized carbons (Fsp3) is 0.235. The summed E-state index contributed by atoms with van der Waals surface area (Å²) in [5, 5.41) is 0. The minimum Gasteiger partial charge on any atom is -0.440 e. The van der Waals surface area contributed by atoms with Gasteiger partial charge in [0.15, 0.2) is 5.58 Å². The maximum Gasteiger partial charge on any atom is 0.261 e. The number of rotatable bonds is 3. The number of oxazole rings is 1. The Hall–Kier alpha value is -2.34. The predicted molar refractivity (Wildman–Crippen MR) is 90.0 cm³/mol. The zero-order valence-corrected chi connectivity index (χ0v) is 14.0. The molecule has 0 saturated heterocycles. The second kappa shape index (κ2) is 5.38. The van der Waals surface area contributed by atoms with Crippen molar-refractivity contribution in [3.8, 4) is 0 Å². The summed E-state index contributed by atoms with van der Waals surface area (Å²) < 4.78 is 33.0. The summed E-state index contributed by atoms with van der Waals surface area (Å²) in [6.07, 6.45) is 0. The van der Waals surface area contributed by atoms with Gasteiger partial charge >= 0.3 is 0 Å². The highest BCUT2D eigenvalue weighted by atomic mass is 32.2. The van der Waals surface area contributed by atoms with Crippen LogP contribution in [0.3, 0.4) is 0 Å². The van der Waals surface area contributed by atoms with E-state index in [1.54, 1.807) is 48.5 Å². The molecule has 23 heavy (non-hydrogen) atoms. The molecule has 0 spiro atoms. The normalized spacial score (nSPS) is 12.5. The van der Waals surface area contributed by atoms with E-state index in [0.717, 1.165) is 0 Å². The Morgan fingerprint density at radius 3 is 2.39 bits per heavy atom. The molecule has 0 amide bonds. The van der Waals surface area contributed by atoms with E-state index >= 15 is 0 Å². The maximum absolute atomic E-state index is 12.3. The summed E-state index contributed by atoms with van der Waals surface area (Å²) in [6.45, 7) is 6.03. The summed E-state index contributed by atoms with van der Waals surface area (Å²) in [7, 11) is -3.61. The molecule has 0 saturated carbocycles. The van der Waals surface area contributed by atoms with Crippen molar-refractivity contribution in [1.29, 1.82) is 0 Å². The molecular formula is C17H18N2O3S. The Bertz CT molecular complexity index is 939. The third-order valence-corrected chi connectivity index (χ3v) is 4.73. The second-order valence-electron chi connectivity index (χ2n) is 6.37. The molecule has 0 bridgehead atoms. The molecule has 1 aromatic heterocycles. The number of anilines is 1. The van der Waals surface area contributed by atoms with E-state index in [9.17, 15) is 8.42 Å². The number of aromatic nitrogens is 1. The smallest absolute Gasteiger partial charge is 0.261 e. The maximum atomic E-state index is 12.3. The average Bonchev–Trinajstić information content (AvgIpc) is 2.91. The second-order valence-corrected chi connectivity index (χ2v) is 8.05. The molecule has 0 radical (unpaired) electrons. The van der Waals surface area contributed by atoms with E-state index in [1.807, 2.05) is 20.8 Å². The van der Waals surface area contributed by atoms with Crippen molar-refractivity contribution < 1.29 is 12.8 Å². The van der Waals surface area contributed by atoms with Gasteiger partial charge in [-0.3, -0.25) is 4.72 Å². The van der Waals surface area contributed by atoms with Crippen LogP contribution in [0.5, 0.6) is 0 Å². The first-order valence-corrected chi connectivity index (χ1v) is 8.73. The molecule has 0 aliphatic carbocycles. The van der Waals surface area contributed by atoms with Gasteiger partial charge < -0.3 is 4.42 Å². The fourth-order valence-electron chi connectivity index (χ4n) is 2.13. The molecule has 3 aromatic rings. The number of sulfonamides is 1. The van der Waals surface area contributed by atoms with Crippen LogP contribution in [0.15, 0.2) is 57.8 Å². The number of benzene rings is 2. The highest BCUT2D eigenvalue weighted by molar-refractivity contribution is 7.92. The van der Waals surface area contributed by atoms with Crippen LogP contribution in [-0.4, -0.2) is 13.4 Å². The van der Waals surface area contributed by atoms with Gasteiger partial charge in [0.1, 0.15) is 5.52 Å². The van der Waals surface area contributed by atoms with Crippen LogP contribution in [0.2, 0.25) is 0 Å². The van der Waals surface area contributed by atoms with Gasteiger partial charge in [0.2, 0.25) is 5.89 Å². The third-order valence-electron chi connectivity index (χ3n) is 3.33. The Labute approximate surface area is 135 Å². The van der Waals surface area contributed by atoms with Crippen molar-refractivity contribution in [2.45, 2.75) is 31.1 Å². The van der Waals surface area contributed by atoms with E-state index in [4.69, 9.17) is 4.42 Å². The summed E-state index contributed by atoms with van der Waals surface area (Å²) in [6, 6.07) is 13.3. The highest BCUT2D eigenvalue weighted by Gasteiger charge is 2.21. The van der Waals surface area contributed by atoms with Crippen LogP contribution in [0, 0.1) is 0 Å². The van der Waals surface area contributed by atoms with Gasteiger partial charge in [0.05, 0.1) is 10.6 Å². The zero-order chi connectivity index (χ0) is 16.7. The third kappa shape index (κ3) is 3.22. The summed E-state index contributed by atoms with van der Waals surface area (Å²) in [5.41, 5.74) is 1.51. The van der Waals surface area contributed by atoms with Crippen LogP contribution in [0.4, 0.5) is 5.69 Å². The van der Waals surface area contributed by atoms with E-state index < -0.39 is 10.0 Å². The molecule has 0 aliphatic rings. The van der Waals surface area contributed by atoms with Gasteiger partial charge in [-0.15, -0.1) is 0 Å². The minimum atomic E-state index is -3.61. The van der Waals surface area contributed by atoms with Gasteiger partial charge in [-0.2, -0.15) is 0 Å². The van der Waals surface area contributed by atoms with Gasteiger partial charge in [-0.05, 0) is 30.3 Å². The van der Waals surface area contributed by atoms with Crippen LogP contribution >= 0.6 is 0 Å². The monoisotopic (exact) mass is 330 g/mol. The molecule has 1 heterocycles. The van der Waals surface area contributed by atoms with E-state index in [-0.39, 0.29) is 10.3 Å². The summed E-state index contributed by atoms with van der Waals surface area (Å²) in [4.78, 5) is 4.66. The first kappa shape index (κ1) is 15.6. The molecule has 0 atom stereocenters. The number of nitrogens with one attached hydrogen (secondary N) is 1. The predicted octanol–water partition coefficient (Wildman–Crippen LogP) is 3.93. The molecule has 2 aromatic carbocycles. The SMILES string of the molecule is CC(C)(C)c1nc2cc(NS(=O)(=O)c3ccccc3)ccc2o1. The van der Waals surface area contributed by atoms with E-state index in [2.05, 4.69) is 9.71 Å². The van der Waals surface area contributed by atoms with Crippen LogP contribution in [0.1, 0.15) is 26.7 Å². The molecule has 0 fully saturated rings.